The summed E-state index contributed by atoms with van der Waals surface area (Å²) in [5.41, 5.74) is 1.32. The lowest BCUT2D eigenvalue weighted by Crippen LogP contribution is -2.51. The van der Waals surface area contributed by atoms with E-state index in [1.807, 2.05) is 13.8 Å². The molecule has 2 amide bonds. The average molecular weight is 574 g/mol. The van der Waals surface area contributed by atoms with E-state index in [9.17, 15) is 22.4 Å². The lowest BCUT2D eigenvalue weighted by Gasteiger charge is -2.32. The third-order valence-electron chi connectivity index (χ3n) is 6.24. The van der Waals surface area contributed by atoms with Crippen LogP contribution in [0.25, 0.3) is 0 Å². The molecule has 3 aromatic rings. The van der Waals surface area contributed by atoms with E-state index < -0.39 is 34.3 Å². The molecule has 0 spiro atoms. The highest BCUT2D eigenvalue weighted by molar-refractivity contribution is 7.92. The molecule has 0 saturated heterocycles. The van der Waals surface area contributed by atoms with Crippen LogP contribution < -0.4 is 9.62 Å². The molecular formula is C29H33ClFN3O4S. The monoisotopic (exact) mass is 573 g/mol. The smallest absolute Gasteiger partial charge is 0.264 e. The molecule has 39 heavy (non-hydrogen) atoms. The van der Waals surface area contributed by atoms with Crippen LogP contribution in [0, 0.1) is 18.7 Å². The zero-order valence-corrected chi connectivity index (χ0v) is 24.0. The molecule has 3 aromatic carbocycles. The number of nitrogens with zero attached hydrogens (tertiary/aromatic N) is 2. The van der Waals surface area contributed by atoms with Gasteiger partial charge in [-0.3, -0.25) is 13.9 Å². The van der Waals surface area contributed by atoms with Crippen molar-refractivity contribution in [3.63, 3.8) is 0 Å². The summed E-state index contributed by atoms with van der Waals surface area (Å²) in [4.78, 5) is 28.2. The first kappa shape index (κ1) is 30.1. The molecule has 7 nitrogen and oxygen atoms in total. The van der Waals surface area contributed by atoms with Gasteiger partial charge in [0.15, 0.2) is 0 Å². The summed E-state index contributed by atoms with van der Waals surface area (Å²) in [6, 6.07) is 17.3. The molecule has 0 saturated carbocycles. The lowest BCUT2D eigenvalue weighted by atomic mass is 10.1. The molecule has 0 bridgehead atoms. The van der Waals surface area contributed by atoms with Gasteiger partial charge >= 0.3 is 0 Å². The summed E-state index contributed by atoms with van der Waals surface area (Å²) in [6.07, 6.45) is 0. The van der Waals surface area contributed by atoms with Crippen LogP contribution in [0.2, 0.25) is 5.02 Å². The highest BCUT2D eigenvalue weighted by atomic mass is 35.5. The van der Waals surface area contributed by atoms with Crippen molar-refractivity contribution >= 4 is 39.1 Å². The first-order chi connectivity index (χ1) is 18.4. The topological polar surface area (TPSA) is 86.8 Å². The fourth-order valence-electron chi connectivity index (χ4n) is 3.92. The van der Waals surface area contributed by atoms with Crippen molar-refractivity contribution < 1.29 is 22.4 Å². The zero-order chi connectivity index (χ0) is 28.7. The summed E-state index contributed by atoms with van der Waals surface area (Å²) in [7, 11) is -4.19. The van der Waals surface area contributed by atoms with E-state index in [-0.39, 0.29) is 29.0 Å². The largest absolute Gasteiger partial charge is 0.354 e. The van der Waals surface area contributed by atoms with Gasteiger partial charge in [0.2, 0.25) is 11.8 Å². The molecule has 0 aliphatic rings. The maximum Gasteiger partial charge on any atom is 0.264 e. The normalized spacial score (nSPS) is 12.2. The van der Waals surface area contributed by atoms with E-state index in [1.165, 1.54) is 41.3 Å². The molecule has 0 radical (unpaired) electrons. The summed E-state index contributed by atoms with van der Waals surface area (Å²) in [6.45, 7) is 6.96. The van der Waals surface area contributed by atoms with Crippen molar-refractivity contribution in [2.75, 3.05) is 17.4 Å². The van der Waals surface area contributed by atoms with E-state index in [1.54, 1.807) is 50.2 Å². The molecule has 0 unspecified atom stereocenters. The highest BCUT2D eigenvalue weighted by Crippen LogP contribution is 2.31. The first-order valence-electron chi connectivity index (χ1n) is 12.6. The van der Waals surface area contributed by atoms with Crippen LogP contribution in [0.1, 0.15) is 31.9 Å². The standard InChI is InChI=1S/C29H33ClFN3O4S/c1-20(2)17-32-29(36)22(4)33(18-23-13-15-24(31)16-14-23)28(35)19-34(27-12-8-11-26(30)21(27)3)39(37,38)25-9-6-5-7-10-25/h5-16,20,22H,17-19H2,1-4H3,(H,32,36)/t22-/m0/s1. The van der Waals surface area contributed by atoms with Crippen LogP contribution >= 0.6 is 11.6 Å². The van der Waals surface area contributed by atoms with Gasteiger partial charge in [0, 0.05) is 18.1 Å². The van der Waals surface area contributed by atoms with Crippen molar-refractivity contribution in [1.29, 1.82) is 0 Å². The second kappa shape index (κ2) is 13.1. The molecule has 1 N–H and O–H groups in total. The summed E-state index contributed by atoms with van der Waals surface area (Å²) < 4.78 is 42.2. The first-order valence-corrected chi connectivity index (χ1v) is 14.4. The minimum Gasteiger partial charge on any atom is -0.354 e. The molecule has 208 valence electrons. The third kappa shape index (κ3) is 7.58. The number of rotatable bonds is 11. The molecule has 1 atom stereocenters. The Morgan fingerprint density at radius 1 is 0.949 bits per heavy atom. The van der Waals surface area contributed by atoms with Gasteiger partial charge in [0.25, 0.3) is 10.0 Å². The fraction of sp³-hybridized carbons (Fsp3) is 0.310. The van der Waals surface area contributed by atoms with Crippen molar-refractivity contribution in [2.24, 2.45) is 5.92 Å². The number of carbonyl (C=O) groups excluding carboxylic acids is 2. The minimum atomic E-state index is -4.19. The molecule has 0 fully saturated rings. The van der Waals surface area contributed by atoms with Gasteiger partial charge < -0.3 is 10.2 Å². The summed E-state index contributed by atoms with van der Waals surface area (Å²) >= 11 is 6.33. The van der Waals surface area contributed by atoms with Crippen LogP contribution in [0.5, 0.6) is 0 Å². The molecule has 3 rings (SSSR count). The highest BCUT2D eigenvalue weighted by Gasteiger charge is 2.33. The molecule has 0 heterocycles. The lowest BCUT2D eigenvalue weighted by molar-refractivity contribution is -0.139. The Bertz CT molecular complexity index is 1400. The number of halogens is 2. The molecular weight excluding hydrogens is 541 g/mol. The minimum absolute atomic E-state index is 0.00462. The van der Waals surface area contributed by atoms with Crippen LogP contribution in [-0.2, 0) is 26.2 Å². The maximum atomic E-state index is 13.9. The fourth-order valence-corrected chi connectivity index (χ4v) is 5.58. The molecule has 0 aromatic heterocycles. The van der Waals surface area contributed by atoms with Crippen molar-refractivity contribution in [3.8, 4) is 0 Å². The molecule has 0 aliphatic heterocycles. The average Bonchev–Trinajstić information content (AvgIpc) is 2.91. The number of carbonyl (C=O) groups is 2. The van der Waals surface area contributed by atoms with Gasteiger partial charge in [-0.05, 0) is 67.3 Å². The number of amides is 2. The van der Waals surface area contributed by atoms with Gasteiger partial charge in [0.05, 0.1) is 10.6 Å². The quantitative estimate of drug-likeness (QED) is 0.343. The second-order valence-electron chi connectivity index (χ2n) is 9.67. The Morgan fingerprint density at radius 3 is 2.21 bits per heavy atom. The predicted octanol–water partition coefficient (Wildman–Crippen LogP) is 5.17. The number of nitrogens with one attached hydrogen (secondary N) is 1. The second-order valence-corrected chi connectivity index (χ2v) is 11.9. The number of sulfonamides is 1. The predicted molar refractivity (Wildman–Crippen MR) is 151 cm³/mol. The van der Waals surface area contributed by atoms with Gasteiger partial charge in [-0.15, -0.1) is 0 Å². The van der Waals surface area contributed by atoms with Crippen molar-refractivity contribution in [2.45, 2.75) is 45.2 Å². The SMILES string of the molecule is Cc1c(Cl)cccc1N(CC(=O)N(Cc1ccc(F)cc1)[C@@H](C)C(=O)NCC(C)C)S(=O)(=O)c1ccccc1. The van der Waals surface area contributed by atoms with E-state index in [0.717, 1.165) is 4.31 Å². The van der Waals surface area contributed by atoms with Gasteiger partial charge in [0.1, 0.15) is 18.4 Å². The Labute approximate surface area is 234 Å². The zero-order valence-electron chi connectivity index (χ0n) is 22.4. The summed E-state index contributed by atoms with van der Waals surface area (Å²) in [5, 5.41) is 3.17. The van der Waals surface area contributed by atoms with E-state index in [0.29, 0.717) is 22.7 Å². The Balaban J connectivity index is 2.04. The Morgan fingerprint density at radius 2 is 1.59 bits per heavy atom. The number of hydrogen-bond acceptors (Lipinski definition) is 4. The van der Waals surface area contributed by atoms with Gasteiger partial charge in [-0.2, -0.15) is 0 Å². The van der Waals surface area contributed by atoms with Crippen LogP contribution in [-0.4, -0.2) is 44.3 Å². The Kier molecular flexibility index (Phi) is 10.1. The van der Waals surface area contributed by atoms with Gasteiger partial charge in [-0.25, -0.2) is 12.8 Å². The van der Waals surface area contributed by atoms with E-state index in [2.05, 4.69) is 5.32 Å². The molecule has 0 aliphatic carbocycles. The van der Waals surface area contributed by atoms with E-state index in [4.69, 9.17) is 11.6 Å². The maximum absolute atomic E-state index is 13.9. The van der Waals surface area contributed by atoms with Crippen LogP contribution in [0.4, 0.5) is 10.1 Å². The Hall–Kier alpha value is -3.43. The van der Waals surface area contributed by atoms with Crippen LogP contribution in [0.3, 0.4) is 0 Å². The van der Waals surface area contributed by atoms with Crippen LogP contribution in [0.15, 0.2) is 77.7 Å². The number of benzene rings is 3. The number of anilines is 1. The van der Waals surface area contributed by atoms with Crippen molar-refractivity contribution in [3.05, 3.63) is 94.8 Å². The third-order valence-corrected chi connectivity index (χ3v) is 8.42. The molecule has 10 heteroatoms. The van der Waals surface area contributed by atoms with Gasteiger partial charge in [-0.1, -0.05) is 61.8 Å². The van der Waals surface area contributed by atoms with Crippen molar-refractivity contribution in [1.82, 2.24) is 10.2 Å². The number of hydrogen-bond donors (Lipinski definition) is 1. The summed E-state index contributed by atoms with van der Waals surface area (Å²) in [5.74, 6) is -1.23. The van der Waals surface area contributed by atoms with E-state index >= 15 is 0 Å².